The summed E-state index contributed by atoms with van der Waals surface area (Å²) in [4.78, 5) is 23.4. The van der Waals surface area contributed by atoms with Gasteiger partial charge in [-0.3, -0.25) is 4.79 Å². The Hall–Kier alpha value is -3.06. The van der Waals surface area contributed by atoms with Crippen molar-refractivity contribution in [3.63, 3.8) is 0 Å². The van der Waals surface area contributed by atoms with Gasteiger partial charge in [0.2, 0.25) is 5.91 Å². The van der Waals surface area contributed by atoms with E-state index in [1.807, 2.05) is 43.3 Å². The number of carbonyl (C=O) groups excluding carboxylic acids is 2. The van der Waals surface area contributed by atoms with Crippen LogP contribution in [0.4, 0.5) is 11.4 Å². The molecule has 0 radical (unpaired) electrons. The van der Waals surface area contributed by atoms with Crippen molar-refractivity contribution in [2.45, 2.75) is 19.4 Å². The summed E-state index contributed by atoms with van der Waals surface area (Å²) in [6.07, 6.45) is -0.162. The first-order valence-corrected chi connectivity index (χ1v) is 8.77. The van der Waals surface area contributed by atoms with Crippen molar-refractivity contribution >= 4 is 23.3 Å². The smallest absolute Gasteiger partial charge is 0.230 e. The highest BCUT2D eigenvalue weighted by atomic mass is 16.5. The molecule has 0 spiro atoms. The molecule has 0 aliphatic rings. The second kappa shape index (κ2) is 10.2. The number of anilines is 2. The van der Waals surface area contributed by atoms with Crippen LogP contribution < -0.4 is 25.8 Å². The normalized spacial score (nSPS) is 11.5. The van der Waals surface area contributed by atoms with Gasteiger partial charge in [-0.25, -0.2) is 0 Å². The van der Waals surface area contributed by atoms with Gasteiger partial charge in [0.1, 0.15) is 11.8 Å². The Kier molecular flexibility index (Phi) is 7.63. The third kappa shape index (κ3) is 6.63. The topological polar surface area (TPSA) is 107 Å². The van der Waals surface area contributed by atoms with Crippen LogP contribution in [-0.2, 0) is 9.59 Å². The maximum Gasteiger partial charge on any atom is 0.230 e. The van der Waals surface area contributed by atoms with E-state index in [9.17, 15) is 14.7 Å². The highest BCUT2D eigenvalue weighted by molar-refractivity contribution is 5.93. The molecule has 0 aliphatic heterocycles. The molecule has 144 valence electrons. The van der Waals surface area contributed by atoms with Crippen molar-refractivity contribution < 1.29 is 24.7 Å². The molecule has 27 heavy (non-hydrogen) atoms. The molecule has 0 aliphatic carbocycles. The molecule has 2 aromatic rings. The van der Waals surface area contributed by atoms with Crippen LogP contribution in [0.5, 0.6) is 5.75 Å². The number of carbonyl (C=O) groups is 2. The predicted octanol–water partition coefficient (Wildman–Crippen LogP) is 0.126. The second-order valence-electron chi connectivity index (χ2n) is 6.20. The van der Waals surface area contributed by atoms with E-state index in [1.165, 1.54) is 0 Å². The number of aliphatic carboxylic acids is 1. The van der Waals surface area contributed by atoms with Crippen LogP contribution >= 0.6 is 0 Å². The molecule has 7 heteroatoms. The lowest BCUT2D eigenvalue weighted by molar-refractivity contribution is -0.680. The van der Waals surface area contributed by atoms with E-state index >= 15 is 0 Å². The summed E-state index contributed by atoms with van der Waals surface area (Å²) in [5.74, 6) is -0.903. The Labute approximate surface area is 158 Å². The first-order valence-electron chi connectivity index (χ1n) is 8.77. The molecule has 2 aromatic carbocycles. The van der Waals surface area contributed by atoms with Crippen molar-refractivity contribution in [1.29, 1.82) is 0 Å². The SMILES string of the molecule is COc1ccccc1NCC[NH2+][C@@H](CC(=O)Nc1ccc(C)cc1)C(=O)[O-]. The van der Waals surface area contributed by atoms with Crippen LogP contribution in [0.3, 0.4) is 0 Å². The van der Waals surface area contributed by atoms with E-state index in [2.05, 4.69) is 10.6 Å². The van der Waals surface area contributed by atoms with Crippen LogP contribution in [-0.4, -0.2) is 38.1 Å². The lowest BCUT2D eigenvalue weighted by atomic mass is 10.2. The number of nitrogens with two attached hydrogens (primary N) is 1. The quantitative estimate of drug-likeness (QED) is 0.515. The molecule has 0 bridgehead atoms. The monoisotopic (exact) mass is 371 g/mol. The van der Waals surface area contributed by atoms with Gasteiger partial charge in [0.05, 0.1) is 38.3 Å². The summed E-state index contributed by atoms with van der Waals surface area (Å²) >= 11 is 0. The first kappa shape index (κ1) is 20.3. The Morgan fingerprint density at radius 1 is 1.15 bits per heavy atom. The zero-order valence-electron chi connectivity index (χ0n) is 15.5. The van der Waals surface area contributed by atoms with Crippen LogP contribution in [0.15, 0.2) is 48.5 Å². The zero-order valence-corrected chi connectivity index (χ0v) is 15.5. The number of hydrogen-bond donors (Lipinski definition) is 3. The number of carboxylic acid groups (broad SMARTS) is 1. The van der Waals surface area contributed by atoms with E-state index in [-0.39, 0.29) is 12.3 Å². The third-order valence-electron chi connectivity index (χ3n) is 4.06. The minimum Gasteiger partial charge on any atom is -0.544 e. The van der Waals surface area contributed by atoms with Crippen LogP contribution in [0.2, 0.25) is 0 Å². The van der Waals surface area contributed by atoms with E-state index in [4.69, 9.17) is 4.74 Å². The summed E-state index contributed by atoms with van der Waals surface area (Å²) < 4.78 is 5.25. The van der Waals surface area contributed by atoms with Crippen molar-refractivity contribution in [2.75, 3.05) is 30.8 Å². The van der Waals surface area contributed by atoms with Gasteiger partial charge < -0.3 is 30.6 Å². The van der Waals surface area contributed by atoms with Gasteiger partial charge in [-0.2, -0.15) is 0 Å². The van der Waals surface area contributed by atoms with E-state index in [0.29, 0.717) is 24.5 Å². The second-order valence-corrected chi connectivity index (χ2v) is 6.20. The number of carboxylic acids is 1. The molecule has 4 N–H and O–H groups in total. The summed E-state index contributed by atoms with van der Waals surface area (Å²) in [7, 11) is 1.59. The fourth-order valence-corrected chi connectivity index (χ4v) is 2.59. The molecule has 0 fully saturated rings. The minimum absolute atomic E-state index is 0.162. The van der Waals surface area contributed by atoms with Gasteiger partial charge in [0, 0.05) is 5.69 Å². The molecule has 0 heterocycles. The predicted molar refractivity (Wildman–Crippen MR) is 101 cm³/mol. The summed E-state index contributed by atoms with van der Waals surface area (Å²) in [6.45, 7) is 2.93. The third-order valence-corrected chi connectivity index (χ3v) is 4.06. The number of aryl methyl sites for hydroxylation is 1. The van der Waals surface area contributed by atoms with Crippen LogP contribution in [0.1, 0.15) is 12.0 Å². The fraction of sp³-hybridized carbons (Fsp3) is 0.300. The largest absolute Gasteiger partial charge is 0.544 e. The molecule has 1 atom stereocenters. The first-order chi connectivity index (χ1) is 13.0. The summed E-state index contributed by atoms with van der Waals surface area (Å²) in [5, 5.41) is 18.8. The van der Waals surface area contributed by atoms with Crippen molar-refractivity contribution in [3.05, 3.63) is 54.1 Å². The van der Waals surface area contributed by atoms with Gasteiger partial charge in [-0.1, -0.05) is 29.8 Å². The number of benzene rings is 2. The lowest BCUT2D eigenvalue weighted by Crippen LogP contribution is -2.94. The van der Waals surface area contributed by atoms with E-state index in [0.717, 1.165) is 11.3 Å². The number of quaternary nitrogens is 1. The standard InChI is InChI=1S/C20H25N3O4/c1-14-7-9-15(10-8-14)23-19(24)13-17(20(25)26)22-12-11-21-16-5-3-4-6-18(16)27-2/h3-10,17,21-22H,11-13H2,1-2H3,(H,23,24)(H,25,26)/t17-/m0/s1. The highest BCUT2D eigenvalue weighted by Crippen LogP contribution is 2.22. The molecular formula is C20H25N3O4. The lowest BCUT2D eigenvalue weighted by Gasteiger charge is -2.17. The average Bonchev–Trinajstić information content (AvgIpc) is 2.66. The van der Waals surface area contributed by atoms with Crippen molar-refractivity contribution in [3.8, 4) is 5.75 Å². The molecule has 2 rings (SSSR count). The molecule has 1 amide bonds. The van der Waals surface area contributed by atoms with E-state index in [1.54, 1.807) is 24.6 Å². The number of para-hydroxylation sites is 2. The number of ether oxygens (including phenoxy) is 1. The number of hydrogen-bond acceptors (Lipinski definition) is 5. The average molecular weight is 371 g/mol. The number of rotatable bonds is 10. The zero-order chi connectivity index (χ0) is 19.6. The van der Waals surface area contributed by atoms with Crippen LogP contribution in [0.25, 0.3) is 0 Å². The maximum absolute atomic E-state index is 12.1. The van der Waals surface area contributed by atoms with Gasteiger partial charge in [0.15, 0.2) is 0 Å². The minimum atomic E-state index is -1.26. The molecule has 7 nitrogen and oxygen atoms in total. The molecule has 0 saturated heterocycles. The van der Waals surface area contributed by atoms with Gasteiger partial charge >= 0.3 is 0 Å². The van der Waals surface area contributed by atoms with Gasteiger partial charge in [-0.05, 0) is 31.2 Å². The Morgan fingerprint density at radius 3 is 2.52 bits per heavy atom. The Bertz CT molecular complexity index is 762. The Balaban J connectivity index is 1.80. The number of methoxy groups -OCH3 is 1. The van der Waals surface area contributed by atoms with Crippen molar-refractivity contribution in [2.24, 2.45) is 0 Å². The van der Waals surface area contributed by atoms with Crippen LogP contribution in [0, 0.1) is 6.92 Å². The fourth-order valence-electron chi connectivity index (χ4n) is 2.59. The van der Waals surface area contributed by atoms with Gasteiger partial charge in [-0.15, -0.1) is 0 Å². The molecule has 0 unspecified atom stereocenters. The molecule has 0 aromatic heterocycles. The molecular weight excluding hydrogens is 346 g/mol. The van der Waals surface area contributed by atoms with E-state index < -0.39 is 12.0 Å². The maximum atomic E-state index is 12.1. The molecule has 0 saturated carbocycles. The summed E-state index contributed by atoms with van der Waals surface area (Å²) in [5.41, 5.74) is 2.55. The number of nitrogens with one attached hydrogen (secondary N) is 2. The number of amides is 1. The highest BCUT2D eigenvalue weighted by Gasteiger charge is 2.18. The Morgan fingerprint density at radius 2 is 1.85 bits per heavy atom. The van der Waals surface area contributed by atoms with Crippen molar-refractivity contribution in [1.82, 2.24) is 0 Å². The summed E-state index contributed by atoms with van der Waals surface area (Å²) in [6, 6.07) is 13.8. The van der Waals surface area contributed by atoms with Gasteiger partial charge in [0.25, 0.3) is 0 Å².